The topological polar surface area (TPSA) is 114 Å². The molecule has 0 aliphatic carbocycles. The number of carbonyl (C=O) groups excluding carboxylic acids is 1. The van der Waals surface area contributed by atoms with E-state index in [0.29, 0.717) is 4.47 Å². The van der Waals surface area contributed by atoms with Crippen molar-refractivity contribution in [1.29, 1.82) is 0 Å². The van der Waals surface area contributed by atoms with Gasteiger partial charge < -0.3 is 9.84 Å². The number of hydrogen-bond donors (Lipinski definition) is 1. The van der Waals surface area contributed by atoms with Crippen LogP contribution in [-0.4, -0.2) is 22.6 Å². The van der Waals surface area contributed by atoms with E-state index in [9.17, 15) is 20.0 Å². The van der Waals surface area contributed by atoms with E-state index in [2.05, 4.69) is 26.2 Å². The molecule has 1 rings (SSSR count). The highest BCUT2D eigenvalue weighted by Crippen LogP contribution is 2.30. The first kappa shape index (κ1) is 16.8. The third-order valence-corrected chi connectivity index (χ3v) is 2.88. The molecule has 0 saturated heterocycles. The molecule has 112 valence electrons. The molecule has 0 unspecified atom stereocenters. The maximum Gasteiger partial charge on any atom is 0.362 e. The van der Waals surface area contributed by atoms with Gasteiger partial charge in [-0.15, -0.1) is 10.2 Å². The highest BCUT2D eigenvalue weighted by atomic mass is 79.9. The summed E-state index contributed by atoms with van der Waals surface area (Å²) in [5.41, 5.74) is -0.392. The van der Waals surface area contributed by atoms with Crippen molar-refractivity contribution in [3.05, 3.63) is 44.2 Å². The maximum absolute atomic E-state index is 11.6. The summed E-state index contributed by atoms with van der Waals surface area (Å²) < 4.78 is 5.17. The van der Waals surface area contributed by atoms with Crippen LogP contribution >= 0.6 is 15.9 Å². The van der Waals surface area contributed by atoms with Gasteiger partial charge in [0.05, 0.1) is 11.5 Å². The summed E-state index contributed by atoms with van der Waals surface area (Å²) in [6.07, 6.45) is 0. The number of nitrogens with zero attached hydrogens (tertiary/aromatic N) is 3. The largest absolute Gasteiger partial charge is 0.510 e. The van der Waals surface area contributed by atoms with Crippen molar-refractivity contribution >= 4 is 33.3 Å². The Labute approximate surface area is 128 Å². The van der Waals surface area contributed by atoms with Crippen molar-refractivity contribution in [2.75, 3.05) is 6.61 Å². The normalized spacial score (nSPS) is 12.1. The van der Waals surface area contributed by atoms with Crippen LogP contribution in [0.5, 0.6) is 0 Å². The molecule has 0 atom stereocenters. The molecule has 0 bridgehead atoms. The zero-order chi connectivity index (χ0) is 16.0. The number of ether oxygens (including phenoxy) is 1. The molecule has 0 aliphatic heterocycles. The molecule has 1 aromatic carbocycles. The van der Waals surface area contributed by atoms with Gasteiger partial charge in [-0.2, -0.15) is 0 Å². The number of esters is 1. The van der Waals surface area contributed by atoms with Gasteiger partial charge in [0.15, 0.2) is 0 Å². The van der Waals surface area contributed by atoms with Crippen molar-refractivity contribution in [1.82, 2.24) is 0 Å². The van der Waals surface area contributed by atoms with Crippen molar-refractivity contribution in [2.24, 2.45) is 10.2 Å². The van der Waals surface area contributed by atoms with Crippen LogP contribution in [0, 0.1) is 10.1 Å². The second-order valence-electron chi connectivity index (χ2n) is 3.75. The number of nitro groups is 1. The monoisotopic (exact) mass is 357 g/mol. The SMILES string of the molecule is CCOC(=O)/C(N=Nc1cc([N+](=O)[O-])ccc1Br)=C(\C)O. The summed E-state index contributed by atoms with van der Waals surface area (Å²) >= 11 is 3.16. The smallest absolute Gasteiger partial charge is 0.362 e. The number of benzene rings is 1. The van der Waals surface area contributed by atoms with Crippen LogP contribution in [0.1, 0.15) is 13.8 Å². The lowest BCUT2D eigenvalue weighted by Crippen LogP contribution is -2.07. The Morgan fingerprint density at radius 3 is 2.71 bits per heavy atom. The zero-order valence-electron chi connectivity index (χ0n) is 11.2. The van der Waals surface area contributed by atoms with Gasteiger partial charge in [0.1, 0.15) is 11.4 Å². The summed E-state index contributed by atoms with van der Waals surface area (Å²) in [6.45, 7) is 2.98. The molecule has 0 fully saturated rings. The fourth-order valence-corrected chi connectivity index (χ4v) is 1.58. The van der Waals surface area contributed by atoms with Gasteiger partial charge in [0.2, 0.25) is 5.70 Å². The summed E-state index contributed by atoms with van der Waals surface area (Å²) in [4.78, 5) is 21.7. The van der Waals surface area contributed by atoms with Gasteiger partial charge in [0, 0.05) is 16.6 Å². The predicted molar refractivity (Wildman–Crippen MR) is 77.3 cm³/mol. The van der Waals surface area contributed by atoms with Crippen molar-refractivity contribution in [2.45, 2.75) is 13.8 Å². The molecule has 0 heterocycles. The predicted octanol–water partition coefficient (Wildman–Crippen LogP) is 3.79. The molecular weight excluding hydrogens is 346 g/mol. The molecule has 9 heteroatoms. The first-order chi connectivity index (χ1) is 9.86. The highest BCUT2D eigenvalue weighted by molar-refractivity contribution is 9.10. The van der Waals surface area contributed by atoms with Gasteiger partial charge in [-0.05, 0) is 35.8 Å². The van der Waals surface area contributed by atoms with Gasteiger partial charge in [0.25, 0.3) is 5.69 Å². The second-order valence-corrected chi connectivity index (χ2v) is 4.60. The van der Waals surface area contributed by atoms with Crippen molar-refractivity contribution < 1.29 is 19.6 Å². The molecule has 0 aliphatic rings. The van der Waals surface area contributed by atoms with Crippen LogP contribution in [0.15, 0.2) is 44.4 Å². The molecule has 0 spiro atoms. The number of azo groups is 1. The third-order valence-electron chi connectivity index (χ3n) is 2.21. The molecule has 0 radical (unpaired) electrons. The first-order valence-corrected chi connectivity index (χ1v) is 6.58. The molecule has 0 amide bonds. The first-order valence-electron chi connectivity index (χ1n) is 5.79. The lowest BCUT2D eigenvalue weighted by atomic mass is 10.3. The summed E-state index contributed by atoms with van der Waals surface area (Å²) in [7, 11) is 0. The van der Waals surface area contributed by atoms with Crippen LogP contribution in [0.4, 0.5) is 11.4 Å². The molecule has 8 nitrogen and oxygen atoms in total. The van der Waals surface area contributed by atoms with Gasteiger partial charge in [-0.25, -0.2) is 4.79 Å². The number of non-ortho nitro benzene ring substituents is 1. The number of rotatable bonds is 5. The van der Waals surface area contributed by atoms with Gasteiger partial charge >= 0.3 is 5.97 Å². The Hall–Kier alpha value is -2.29. The number of aliphatic hydroxyl groups is 1. The third kappa shape index (κ3) is 4.63. The standard InChI is InChI=1S/C12H12BrN3O5/c1-3-21-12(18)11(7(2)17)15-14-10-6-8(16(19)20)4-5-9(10)13/h4-6,17H,3H2,1-2H3/b11-7-,15-14?. The minimum atomic E-state index is -0.831. The summed E-state index contributed by atoms with van der Waals surface area (Å²) in [6, 6.07) is 3.91. The average Bonchev–Trinajstić information content (AvgIpc) is 2.40. The Morgan fingerprint density at radius 1 is 1.52 bits per heavy atom. The summed E-state index contributed by atoms with van der Waals surface area (Å²) in [5.74, 6) is -1.19. The zero-order valence-corrected chi connectivity index (χ0v) is 12.8. The number of carbonyl (C=O) groups is 1. The van der Waals surface area contributed by atoms with Gasteiger partial charge in [-0.3, -0.25) is 10.1 Å². The highest BCUT2D eigenvalue weighted by Gasteiger charge is 2.15. The molecule has 21 heavy (non-hydrogen) atoms. The Kier molecular flexibility index (Phi) is 5.97. The molecule has 0 saturated carbocycles. The van der Waals surface area contributed by atoms with E-state index in [1.165, 1.54) is 25.1 Å². The van der Waals surface area contributed by atoms with Crippen LogP contribution in [0.25, 0.3) is 0 Å². The van der Waals surface area contributed by atoms with Crippen LogP contribution in [0.2, 0.25) is 0 Å². The van der Waals surface area contributed by atoms with Crippen LogP contribution < -0.4 is 0 Å². The number of aliphatic hydroxyl groups excluding tert-OH is 1. The fourth-order valence-electron chi connectivity index (χ4n) is 1.26. The average molecular weight is 358 g/mol. The van der Waals surface area contributed by atoms with Crippen LogP contribution in [-0.2, 0) is 9.53 Å². The Bertz CT molecular complexity index is 623. The minimum absolute atomic E-state index is 0.117. The Morgan fingerprint density at radius 2 is 2.19 bits per heavy atom. The number of nitro benzene ring substituents is 1. The molecule has 1 N–H and O–H groups in total. The molecule has 1 aromatic rings. The minimum Gasteiger partial charge on any atom is -0.510 e. The maximum atomic E-state index is 11.6. The number of hydrogen-bond acceptors (Lipinski definition) is 7. The quantitative estimate of drug-likeness (QED) is 0.215. The van der Waals surface area contributed by atoms with Crippen LogP contribution in [0.3, 0.4) is 0 Å². The van der Waals surface area contributed by atoms with E-state index in [1.54, 1.807) is 6.92 Å². The van der Waals surface area contributed by atoms with E-state index in [4.69, 9.17) is 4.74 Å². The van der Waals surface area contributed by atoms with Crippen molar-refractivity contribution in [3.8, 4) is 0 Å². The second kappa shape index (κ2) is 7.48. The fraction of sp³-hybridized carbons (Fsp3) is 0.250. The summed E-state index contributed by atoms with van der Waals surface area (Å²) in [5, 5.41) is 27.4. The van der Waals surface area contributed by atoms with Crippen molar-refractivity contribution in [3.63, 3.8) is 0 Å². The van der Waals surface area contributed by atoms with E-state index in [0.717, 1.165) is 0 Å². The molecule has 0 aromatic heterocycles. The van der Waals surface area contributed by atoms with E-state index in [-0.39, 0.29) is 29.4 Å². The lowest BCUT2D eigenvalue weighted by molar-refractivity contribution is -0.384. The Balaban J connectivity index is 3.13. The van der Waals surface area contributed by atoms with Gasteiger partial charge in [-0.1, -0.05) is 0 Å². The van der Waals surface area contributed by atoms with E-state index < -0.39 is 10.9 Å². The number of halogens is 1. The van der Waals surface area contributed by atoms with E-state index in [1.807, 2.05) is 0 Å². The van der Waals surface area contributed by atoms with E-state index >= 15 is 0 Å². The lowest BCUT2D eigenvalue weighted by Gasteiger charge is -2.02. The number of allylic oxidation sites excluding steroid dienone is 1. The molecular formula is C12H12BrN3O5.